The molecule has 0 aliphatic rings. The zero-order chi connectivity index (χ0) is 17.0. The number of esters is 1. The highest BCUT2D eigenvalue weighted by molar-refractivity contribution is 5.89. The van der Waals surface area contributed by atoms with Crippen LogP contribution in [-0.2, 0) is 11.3 Å². The van der Waals surface area contributed by atoms with E-state index in [0.29, 0.717) is 12.2 Å². The number of carbonyl (C=O) groups excluding carboxylic acids is 1. The Morgan fingerprint density at radius 1 is 0.750 bits per heavy atom. The van der Waals surface area contributed by atoms with Gasteiger partial charge in [0.2, 0.25) is 0 Å². The summed E-state index contributed by atoms with van der Waals surface area (Å²) in [7, 11) is 1.66. The molecule has 3 aromatic carbocycles. The second-order valence-corrected chi connectivity index (χ2v) is 4.94. The lowest BCUT2D eigenvalue weighted by Crippen LogP contribution is -2.04. The third-order valence-corrected chi connectivity index (χ3v) is 3.20. The Hall–Kier alpha value is -3.07. The van der Waals surface area contributed by atoms with Crippen LogP contribution in [-0.4, -0.2) is 13.1 Å². The van der Waals surface area contributed by atoms with Crippen molar-refractivity contribution in [2.45, 2.75) is 6.61 Å². The summed E-state index contributed by atoms with van der Waals surface area (Å²) < 4.78 is 10.1. The lowest BCUT2D eigenvalue weighted by molar-refractivity contribution is 0.0472. The maximum absolute atomic E-state index is 11.6. The van der Waals surface area contributed by atoms with Gasteiger partial charge in [0.1, 0.15) is 12.4 Å². The fourth-order valence-electron chi connectivity index (χ4n) is 1.94. The minimum atomic E-state index is -0.288. The average Bonchev–Trinajstić information content (AvgIpc) is 2.69. The summed E-state index contributed by atoms with van der Waals surface area (Å²) in [6.07, 6.45) is 0. The molecule has 3 aromatic rings. The average molecular weight is 320 g/mol. The lowest BCUT2D eigenvalue weighted by atomic mass is 10.2. The highest BCUT2D eigenvalue weighted by Gasteiger charge is 2.05. The molecule has 0 bridgehead atoms. The predicted molar refractivity (Wildman–Crippen MR) is 95.0 cm³/mol. The van der Waals surface area contributed by atoms with E-state index in [2.05, 4.69) is 0 Å². The molecule has 3 nitrogen and oxygen atoms in total. The van der Waals surface area contributed by atoms with Gasteiger partial charge in [0.25, 0.3) is 0 Å². The quantitative estimate of drug-likeness (QED) is 0.651. The summed E-state index contributed by atoms with van der Waals surface area (Å²) in [6, 6.07) is 28.3. The first-order chi connectivity index (χ1) is 11.8. The van der Waals surface area contributed by atoms with Gasteiger partial charge in [-0.05, 0) is 29.8 Å². The minimum Gasteiger partial charge on any atom is -0.497 e. The summed E-state index contributed by atoms with van der Waals surface area (Å²) in [5.74, 6) is 0.622. The number of para-hydroxylation sites is 1. The summed E-state index contributed by atoms with van der Waals surface area (Å²) >= 11 is 0. The zero-order valence-electron chi connectivity index (χ0n) is 13.6. The van der Waals surface area contributed by atoms with E-state index in [1.807, 2.05) is 78.9 Å². The first-order valence-electron chi connectivity index (χ1n) is 7.64. The van der Waals surface area contributed by atoms with E-state index in [9.17, 15) is 4.79 Å². The number of ether oxygens (including phenoxy) is 2. The van der Waals surface area contributed by atoms with E-state index >= 15 is 0 Å². The number of hydrogen-bond donors (Lipinski definition) is 0. The third kappa shape index (κ3) is 5.97. The van der Waals surface area contributed by atoms with E-state index in [1.54, 1.807) is 19.2 Å². The van der Waals surface area contributed by atoms with Crippen molar-refractivity contribution in [2.24, 2.45) is 0 Å². The van der Waals surface area contributed by atoms with Gasteiger partial charge in [-0.25, -0.2) is 4.79 Å². The van der Waals surface area contributed by atoms with Gasteiger partial charge >= 0.3 is 5.97 Å². The van der Waals surface area contributed by atoms with Crippen molar-refractivity contribution in [1.82, 2.24) is 0 Å². The first kappa shape index (κ1) is 17.3. The Balaban J connectivity index is 0.000000219. The second-order valence-electron chi connectivity index (χ2n) is 4.94. The highest BCUT2D eigenvalue weighted by Crippen LogP contribution is 2.06. The largest absolute Gasteiger partial charge is 0.497 e. The smallest absolute Gasteiger partial charge is 0.338 e. The summed E-state index contributed by atoms with van der Waals surface area (Å²) in [5.41, 5.74) is 1.57. The SMILES string of the molecule is COc1ccccc1.O=C(OCc1ccccc1)c1ccccc1. The molecule has 0 saturated carbocycles. The third-order valence-electron chi connectivity index (χ3n) is 3.20. The molecule has 24 heavy (non-hydrogen) atoms. The van der Waals surface area contributed by atoms with Crippen LogP contribution in [0.4, 0.5) is 0 Å². The van der Waals surface area contributed by atoms with Gasteiger partial charge in [0, 0.05) is 0 Å². The number of rotatable bonds is 4. The Kier molecular flexibility index (Phi) is 7.09. The molecule has 0 radical (unpaired) electrons. The molecule has 0 aliphatic heterocycles. The minimum absolute atomic E-state index is 0.288. The molecule has 0 spiro atoms. The van der Waals surface area contributed by atoms with Crippen molar-refractivity contribution in [2.75, 3.05) is 7.11 Å². The van der Waals surface area contributed by atoms with E-state index in [-0.39, 0.29) is 5.97 Å². The lowest BCUT2D eigenvalue weighted by Gasteiger charge is -2.04. The van der Waals surface area contributed by atoms with Crippen LogP contribution in [0.2, 0.25) is 0 Å². The van der Waals surface area contributed by atoms with E-state index in [4.69, 9.17) is 9.47 Å². The van der Waals surface area contributed by atoms with Crippen molar-refractivity contribution in [3.05, 3.63) is 102 Å². The van der Waals surface area contributed by atoms with Crippen LogP contribution in [0, 0.1) is 0 Å². The maximum atomic E-state index is 11.6. The summed E-state index contributed by atoms with van der Waals surface area (Å²) in [4.78, 5) is 11.6. The maximum Gasteiger partial charge on any atom is 0.338 e. The number of methoxy groups -OCH3 is 1. The van der Waals surface area contributed by atoms with E-state index < -0.39 is 0 Å². The van der Waals surface area contributed by atoms with E-state index in [1.165, 1.54) is 0 Å². The molecule has 0 aliphatic carbocycles. The van der Waals surface area contributed by atoms with Crippen molar-refractivity contribution in [3.63, 3.8) is 0 Å². The van der Waals surface area contributed by atoms with Gasteiger partial charge in [-0.15, -0.1) is 0 Å². The van der Waals surface area contributed by atoms with Crippen molar-refractivity contribution < 1.29 is 14.3 Å². The zero-order valence-corrected chi connectivity index (χ0v) is 13.6. The molecule has 0 N–H and O–H groups in total. The molecular formula is C21H20O3. The van der Waals surface area contributed by atoms with E-state index in [0.717, 1.165) is 11.3 Å². The number of carbonyl (C=O) groups is 1. The van der Waals surface area contributed by atoms with Crippen LogP contribution in [0.1, 0.15) is 15.9 Å². The molecular weight excluding hydrogens is 300 g/mol. The van der Waals surface area contributed by atoms with Gasteiger partial charge < -0.3 is 9.47 Å². The Morgan fingerprint density at radius 3 is 1.75 bits per heavy atom. The van der Waals surface area contributed by atoms with Crippen LogP contribution in [0.5, 0.6) is 5.75 Å². The Labute approximate surface area is 142 Å². The van der Waals surface area contributed by atoms with Crippen LogP contribution in [0.3, 0.4) is 0 Å². The molecule has 0 saturated heterocycles. The fraction of sp³-hybridized carbons (Fsp3) is 0.0952. The van der Waals surface area contributed by atoms with Gasteiger partial charge in [-0.3, -0.25) is 0 Å². The molecule has 0 atom stereocenters. The van der Waals surface area contributed by atoms with Crippen molar-refractivity contribution in [1.29, 1.82) is 0 Å². The molecule has 122 valence electrons. The first-order valence-corrected chi connectivity index (χ1v) is 7.64. The standard InChI is InChI=1S/C14H12O2.C7H8O/c15-14(13-9-5-2-6-10-13)16-11-12-7-3-1-4-8-12;1-8-7-5-3-2-4-6-7/h1-10H,11H2;2-6H,1H3. The normalized spacial score (nSPS) is 9.38. The molecule has 0 fully saturated rings. The van der Waals surface area contributed by atoms with Crippen LogP contribution >= 0.6 is 0 Å². The van der Waals surface area contributed by atoms with Gasteiger partial charge in [-0.2, -0.15) is 0 Å². The van der Waals surface area contributed by atoms with Crippen LogP contribution < -0.4 is 4.74 Å². The van der Waals surface area contributed by atoms with Crippen molar-refractivity contribution in [3.8, 4) is 5.75 Å². The molecule has 0 heterocycles. The topological polar surface area (TPSA) is 35.5 Å². The molecule has 0 aromatic heterocycles. The number of hydrogen-bond acceptors (Lipinski definition) is 3. The molecule has 3 heteroatoms. The molecule has 0 amide bonds. The predicted octanol–water partition coefficient (Wildman–Crippen LogP) is 4.74. The summed E-state index contributed by atoms with van der Waals surface area (Å²) in [6.45, 7) is 0.314. The summed E-state index contributed by atoms with van der Waals surface area (Å²) in [5, 5.41) is 0. The highest BCUT2D eigenvalue weighted by atomic mass is 16.5. The Bertz CT molecular complexity index is 710. The fourth-order valence-corrected chi connectivity index (χ4v) is 1.94. The van der Waals surface area contributed by atoms with Gasteiger partial charge in [-0.1, -0.05) is 66.7 Å². The van der Waals surface area contributed by atoms with Crippen molar-refractivity contribution >= 4 is 5.97 Å². The van der Waals surface area contributed by atoms with Crippen LogP contribution in [0.25, 0.3) is 0 Å². The molecule has 3 rings (SSSR count). The van der Waals surface area contributed by atoms with Crippen LogP contribution in [0.15, 0.2) is 91.0 Å². The second kappa shape index (κ2) is 9.85. The van der Waals surface area contributed by atoms with Gasteiger partial charge in [0.05, 0.1) is 12.7 Å². The monoisotopic (exact) mass is 320 g/mol. The Morgan fingerprint density at radius 2 is 1.25 bits per heavy atom. The molecule has 0 unspecified atom stereocenters. The number of benzene rings is 3. The van der Waals surface area contributed by atoms with Gasteiger partial charge in [0.15, 0.2) is 0 Å².